The molecule has 3 nitrogen and oxygen atoms in total. The van der Waals surface area contributed by atoms with Crippen molar-refractivity contribution in [2.75, 3.05) is 11.9 Å². The van der Waals surface area contributed by atoms with Crippen molar-refractivity contribution in [1.82, 2.24) is 0 Å². The van der Waals surface area contributed by atoms with E-state index in [4.69, 9.17) is 4.74 Å². The molecule has 1 N–H and O–H groups in total. The first-order valence-corrected chi connectivity index (χ1v) is 6.36. The molecule has 0 saturated carbocycles. The average Bonchev–Trinajstić information content (AvgIpc) is 2.35. The van der Waals surface area contributed by atoms with Gasteiger partial charge in [-0.2, -0.15) is 0 Å². The Balaban J connectivity index is 2.58. The van der Waals surface area contributed by atoms with Crippen LogP contribution in [0.4, 0.5) is 5.69 Å². The van der Waals surface area contributed by atoms with Crippen LogP contribution in [0.25, 0.3) is 0 Å². The number of rotatable bonds is 0. The van der Waals surface area contributed by atoms with Gasteiger partial charge in [-0.15, -0.1) is 0 Å². The molecule has 0 atom stereocenters. The molecule has 1 aromatic carbocycles. The first kappa shape index (κ1) is 12.4. The molecule has 1 amide bonds. The highest BCUT2D eigenvalue weighted by molar-refractivity contribution is 9.10. The van der Waals surface area contributed by atoms with E-state index in [1.54, 1.807) is 0 Å². The monoisotopic (exact) mass is 297 g/mol. The molecule has 1 aromatic rings. The van der Waals surface area contributed by atoms with Gasteiger partial charge in [0.25, 0.3) is 0 Å². The molecular weight excluding hydrogens is 282 g/mol. The molecule has 0 saturated heterocycles. The highest BCUT2D eigenvalue weighted by atomic mass is 79.9. The Morgan fingerprint density at radius 2 is 2.00 bits per heavy atom. The van der Waals surface area contributed by atoms with Crippen molar-refractivity contribution in [3.05, 3.63) is 21.7 Å². The Bertz CT molecular complexity index is 495. The summed E-state index contributed by atoms with van der Waals surface area (Å²) < 4.78 is 6.71. The second kappa shape index (κ2) is 4.02. The minimum absolute atomic E-state index is 0.00453. The quantitative estimate of drug-likeness (QED) is 0.797. The van der Waals surface area contributed by atoms with Gasteiger partial charge in [-0.25, -0.2) is 0 Å². The lowest BCUT2D eigenvalue weighted by molar-refractivity contribution is -0.124. The summed E-state index contributed by atoms with van der Waals surface area (Å²) in [5.74, 6) is 0.733. The third-order valence-electron chi connectivity index (χ3n) is 3.03. The summed E-state index contributed by atoms with van der Waals surface area (Å²) >= 11 is 3.52. The van der Waals surface area contributed by atoms with Crippen LogP contribution >= 0.6 is 15.9 Å². The lowest BCUT2D eigenvalue weighted by Crippen LogP contribution is -2.33. The molecule has 2 rings (SSSR count). The second-order valence-electron chi connectivity index (χ2n) is 5.16. The van der Waals surface area contributed by atoms with Crippen molar-refractivity contribution in [2.45, 2.75) is 27.7 Å². The summed E-state index contributed by atoms with van der Waals surface area (Å²) in [6.07, 6.45) is 0. The Labute approximate surface area is 110 Å². The average molecular weight is 298 g/mol. The van der Waals surface area contributed by atoms with Crippen molar-refractivity contribution < 1.29 is 9.53 Å². The van der Waals surface area contributed by atoms with Crippen LogP contribution < -0.4 is 10.1 Å². The SMILES string of the molecule is Cc1cc(C)c2c(c1Br)OCC(C)(C)C(=O)N2. The summed E-state index contributed by atoms with van der Waals surface area (Å²) in [5.41, 5.74) is 2.39. The topological polar surface area (TPSA) is 38.3 Å². The highest BCUT2D eigenvalue weighted by Crippen LogP contribution is 2.41. The summed E-state index contributed by atoms with van der Waals surface area (Å²) in [6.45, 7) is 8.13. The van der Waals surface area contributed by atoms with Gasteiger partial charge >= 0.3 is 0 Å². The Kier molecular flexibility index (Phi) is 2.94. The van der Waals surface area contributed by atoms with Crippen LogP contribution in [0.3, 0.4) is 0 Å². The largest absolute Gasteiger partial charge is 0.489 e. The first-order valence-electron chi connectivity index (χ1n) is 5.57. The van der Waals surface area contributed by atoms with Crippen LogP contribution in [0.15, 0.2) is 10.5 Å². The van der Waals surface area contributed by atoms with Gasteiger partial charge in [-0.3, -0.25) is 4.79 Å². The van der Waals surface area contributed by atoms with Crippen molar-refractivity contribution in [1.29, 1.82) is 0 Å². The van der Waals surface area contributed by atoms with Gasteiger partial charge in [0.05, 0.1) is 15.6 Å². The summed E-state index contributed by atoms with van der Waals surface area (Å²) in [7, 11) is 0. The van der Waals surface area contributed by atoms with Crippen LogP contribution in [0.5, 0.6) is 5.75 Å². The van der Waals surface area contributed by atoms with Crippen molar-refractivity contribution in [2.24, 2.45) is 5.41 Å². The zero-order chi connectivity index (χ0) is 12.8. The maximum atomic E-state index is 12.0. The lowest BCUT2D eigenvalue weighted by Gasteiger charge is -2.18. The van der Waals surface area contributed by atoms with Crippen molar-refractivity contribution in [3.63, 3.8) is 0 Å². The number of carbonyl (C=O) groups is 1. The number of aryl methyl sites for hydroxylation is 2. The molecule has 0 fully saturated rings. The van der Waals surface area contributed by atoms with E-state index < -0.39 is 5.41 Å². The van der Waals surface area contributed by atoms with Gasteiger partial charge in [-0.05, 0) is 54.8 Å². The summed E-state index contributed by atoms with van der Waals surface area (Å²) in [5, 5.41) is 2.96. The van der Waals surface area contributed by atoms with Gasteiger partial charge in [0.2, 0.25) is 5.91 Å². The molecule has 1 aliphatic rings. The van der Waals surface area contributed by atoms with E-state index in [2.05, 4.69) is 21.2 Å². The molecule has 4 heteroatoms. The first-order chi connectivity index (χ1) is 7.83. The van der Waals surface area contributed by atoms with Crippen LogP contribution in [-0.2, 0) is 4.79 Å². The molecule has 0 radical (unpaired) electrons. The van der Waals surface area contributed by atoms with E-state index in [1.807, 2.05) is 33.8 Å². The van der Waals surface area contributed by atoms with Gasteiger partial charge in [0.15, 0.2) is 5.75 Å². The predicted octanol–water partition coefficient (Wildman–Crippen LogP) is 3.42. The van der Waals surface area contributed by atoms with Crippen LogP contribution in [0, 0.1) is 19.3 Å². The number of anilines is 1. The van der Waals surface area contributed by atoms with E-state index in [0.29, 0.717) is 6.61 Å². The minimum Gasteiger partial charge on any atom is -0.489 e. The number of hydrogen-bond acceptors (Lipinski definition) is 2. The zero-order valence-corrected chi connectivity index (χ0v) is 12.1. The number of carbonyl (C=O) groups excluding carboxylic acids is 1. The predicted molar refractivity (Wildman–Crippen MR) is 71.5 cm³/mol. The fraction of sp³-hybridized carbons (Fsp3) is 0.462. The fourth-order valence-corrected chi connectivity index (χ4v) is 2.25. The van der Waals surface area contributed by atoms with E-state index in [-0.39, 0.29) is 5.91 Å². The minimum atomic E-state index is -0.515. The molecule has 0 unspecified atom stereocenters. The molecule has 0 bridgehead atoms. The molecule has 0 aromatic heterocycles. The molecule has 92 valence electrons. The smallest absolute Gasteiger partial charge is 0.233 e. The number of fused-ring (bicyclic) bond motifs is 1. The Morgan fingerprint density at radius 1 is 1.35 bits per heavy atom. The third kappa shape index (κ3) is 2.06. The van der Waals surface area contributed by atoms with E-state index in [1.165, 1.54) is 0 Å². The number of nitrogens with one attached hydrogen (secondary N) is 1. The molecule has 17 heavy (non-hydrogen) atoms. The number of ether oxygens (including phenoxy) is 1. The Hall–Kier alpha value is -1.03. The second-order valence-corrected chi connectivity index (χ2v) is 5.95. The van der Waals surface area contributed by atoms with Gasteiger partial charge in [0.1, 0.15) is 6.61 Å². The number of hydrogen-bond donors (Lipinski definition) is 1. The number of benzene rings is 1. The van der Waals surface area contributed by atoms with Gasteiger partial charge in [-0.1, -0.05) is 6.07 Å². The molecule has 1 aliphatic heterocycles. The van der Waals surface area contributed by atoms with Gasteiger partial charge < -0.3 is 10.1 Å². The van der Waals surface area contributed by atoms with Crippen LogP contribution in [0.2, 0.25) is 0 Å². The molecular formula is C13H16BrNO2. The van der Waals surface area contributed by atoms with Crippen molar-refractivity contribution in [3.8, 4) is 5.75 Å². The van der Waals surface area contributed by atoms with Gasteiger partial charge in [0, 0.05) is 0 Å². The van der Waals surface area contributed by atoms with E-state index >= 15 is 0 Å². The lowest BCUT2D eigenvalue weighted by atomic mass is 9.94. The fourth-order valence-electron chi connectivity index (χ4n) is 1.82. The van der Waals surface area contributed by atoms with Crippen LogP contribution in [0.1, 0.15) is 25.0 Å². The van der Waals surface area contributed by atoms with E-state index in [0.717, 1.165) is 27.0 Å². The maximum absolute atomic E-state index is 12.0. The normalized spacial score (nSPS) is 17.8. The van der Waals surface area contributed by atoms with Crippen LogP contribution in [-0.4, -0.2) is 12.5 Å². The standard InChI is InChI=1S/C13H16BrNO2/c1-7-5-8(2)10-11(9(7)14)17-6-13(3,4)12(16)15-10/h5H,6H2,1-4H3,(H,15,16). The number of halogens is 1. The summed E-state index contributed by atoms with van der Waals surface area (Å²) in [4.78, 5) is 12.0. The third-order valence-corrected chi connectivity index (χ3v) is 4.02. The number of amides is 1. The molecule has 0 aliphatic carbocycles. The highest BCUT2D eigenvalue weighted by Gasteiger charge is 2.33. The summed E-state index contributed by atoms with van der Waals surface area (Å²) in [6, 6.07) is 2.03. The van der Waals surface area contributed by atoms with E-state index in [9.17, 15) is 4.79 Å². The zero-order valence-electron chi connectivity index (χ0n) is 10.5. The maximum Gasteiger partial charge on any atom is 0.233 e. The molecule has 0 spiro atoms. The molecule has 1 heterocycles. The van der Waals surface area contributed by atoms with Crippen molar-refractivity contribution >= 4 is 27.5 Å². The Morgan fingerprint density at radius 3 is 2.65 bits per heavy atom.